The van der Waals surface area contributed by atoms with Gasteiger partial charge in [0, 0.05) is 11.8 Å². The number of nitrogens with one attached hydrogen (secondary N) is 2. The minimum absolute atomic E-state index is 0.0555. The average molecular weight is 442 g/mol. The number of aromatic nitrogens is 1. The van der Waals surface area contributed by atoms with Crippen LogP contribution >= 0.6 is 0 Å². The normalized spacial score (nSPS) is 12.5. The van der Waals surface area contributed by atoms with Gasteiger partial charge in [-0.3, -0.25) is 9.52 Å². The molecule has 8 heteroatoms. The van der Waals surface area contributed by atoms with Gasteiger partial charge in [-0.1, -0.05) is 43.3 Å². The number of anilines is 2. The molecule has 1 heterocycles. The molecule has 0 aliphatic carbocycles. The monoisotopic (exact) mass is 441 g/mol. The molecule has 2 N–H and O–H groups in total. The summed E-state index contributed by atoms with van der Waals surface area (Å²) in [6, 6.07) is 15.5. The zero-order chi connectivity index (χ0) is 22.6. The van der Waals surface area contributed by atoms with Crippen molar-refractivity contribution in [2.45, 2.75) is 44.9 Å². The van der Waals surface area contributed by atoms with E-state index in [1.54, 1.807) is 19.1 Å². The van der Waals surface area contributed by atoms with Gasteiger partial charge in [0.25, 0.3) is 10.0 Å². The van der Waals surface area contributed by atoms with Gasteiger partial charge in [0.05, 0.1) is 10.8 Å². The number of sulfonamides is 1. The van der Waals surface area contributed by atoms with Crippen LogP contribution in [0.4, 0.5) is 11.5 Å². The summed E-state index contributed by atoms with van der Waals surface area (Å²) in [7, 11) is -3.80. The van der Waals surface area contributed by atoms with Crippen LogP contribution in [0.3, 0.4) is 0 Å². The molecule has 0 aliphatic heterocycles. The maximum Gasteiger partial charge on any atom is 0.263 e. The van der Waals surface area contributed by atoms with Crippen LogP contribution < -0.4 is 10.0 Å². The van der Waals surface area contributed by atoms with E-state index in [1.165, 1.54) is 23.8 Å². The topological polar surface area (TPSA) is 101 Å². The van der Waals surface area contributed by atoms with E-state index in [4.69, 9.17) is 4.52 Å². The molecule has 0 spiro atoms. The predicted molar refractivity (Wildman–Crippen MR) is 121 cm³/mol. The fourth-order valence-corrected chi connectivity index (χ4v) is 4.13. The molecule has 0 radical (unpaired) electrons. The van der Waals surface area contributed by atoms with E-state index < -0.39 is 10.0 Å². The Balaban J connectivity index is 1.64. The highest BCUT2D eigenvalue weighted by atomic mass is 32.2. The number of aryl methyl sites for hydroxylation is 1. The van der Waals surface area contributed by atoms with Gasteiger partial charge in [-0.25, -0.2) is 8.42 Å². The largest absolute Gasteiger partial charge is 0.360 e. The van der Waals surface area contributed by atoms with Gasteiger partial charge in [0.1, 0.15) is 5.76 Å². The first kappa shape index (κ1) is 22.6. The zero-order valence-corrected chi connectivity index (χ0v) is 18.9. The van der Waals surface area contributed by atoms with Gasteiger partial charge in [-0.15, -0.1) is 0 Å². The first-order valence-corrected chi connectivity index (χ1v) is 11.6. The third kappa shape index (κ3) is 5.95. The highest BCUT2D eigenvalue weighted by Gasteiger charge is 2.18. The lowest BCUT2D eigenvalue weighted by Crippen LogP contribution is -2.19. The Labute approximate surface area is 182 Å². The maximum absolute atomic E-state index is 12.6. The molecule has 0 fully saturated rings. The molecule has 0 aliphatic rings. The van der Waals surface area contributed by atoms with Crippen LogP contribution in [0.2, 0.25) is 0 Å². The van der Waals surface area contributed by atoms with Gasteiger partial charge in [0.2, 0.25) is 5.91 Å². The summed E-state index contributed by atoms with van der Waals surface area (Å²) < 4.78 is 32.1. The number of hydrogen-bond donors (Lipinski definition) is 2. The molecular weight excluding hydrogens is 414 g/mol. The quantitative estimate of drug-likeness (QED) is 0.526. The number of benzene rings is 2. The van der Waals surface area contributed by atoms with E-state index in [0.29, 0.717) is 17.4 Å². The Morgan fingerprint density at radius 2 is 1.68 bits per heavy atom. The summed E-state index contributed by atoms with van der Waals surface area (Å²) in [5.41, 5.74) is 2.69. The molecule has 7 nitrogen and oxygen atoms in total. The first-order valence-electron chi connectivity index (χ1n) is 10.1. The highest BCUT2D eigenvalue weighted by Crippen LogP contribution is 2.22. The summed E-state index contributed by atoms with van der Waals surface area (Å²) in [6.45, 7) is 7.86. The molecule has 0 saturated carbocycles. The summed E-state index contributed by atoms with van der Waals surface area (Å²) in [5.74, 6) is 0.688. The maximum atomic E-state index is 12.6. The van der Waals surface area contributed by atoms with E-state index in [2.05, 4.69) is 41.2 Å². The molecule has 1 amide bonds. The fourth-order valence-electron chi connectivity index (χ4n) is 3.14. The fraction of sp³-hybridized carbons (Fsp3) is 0.304. The van der Waals surface area contributed by atoms with E-state index in [1.807, 2.05) is 19.1 Å². The summed E-state index contributed by atoms with van der Waals surface area (Å²) in [5, 5.41) is 6.47. The molecule has 3 rings (SSSR count). The molecule has 164 valence electrons. The highest BCUT2D eigenvalue weighted by molar-refractivity contribution is 7.92. The van der Waals surface area contributed by atoms with Crippen LogP contribution in [0.25, 0.3) is 0 Å². The second kappa shape index (κ2) is 9.34. The molecule has 3 aromatic rings. The standard InChI is InChI=1S/C23H27N3O4S/c1-15(2)13-18-5-7-19(8-6-18)17(4)23(27)24-20-9-11-21(12-10-20)31(28,29)26-22-14-16(3)30-25-22/h5-12,14-15,17H,13H2,1-4H3,(H,24,27)(H,25,26). The van der Waals surface area contributed by atoms with Crippen molar-refractivity contribution in [3.8, 4) is 0 Å². The first-order chi connectivity index (χ1) is 14.6. The van der Waals surface area contributed by atoms with Crippen LogP contribution in [-0.2, 0) is 21.2 Å². The Morgan fingerprint density at radius 1 is 1.03 bits per heavy atom. The van der Waals surface area contributed by atoms with Crippen molar-refractivity contribution in [1.29, 1.82) is 0 Å². The molecule has 31 heavy (non-hydrogen) atoms. The van der Waals surface area contributed by atoms with Crippen LogP contribution in [0, 0.1) is 12.8 Å². The van der Waals surface area contributed by atoms with Crippen molar-refractivity contribution in [3.63, 3.8) is 0 Å². The molecule has 1 atom stereocenters. The second-order valence-corrected chi connectivity index (χ2v) is 9.69. The molecule has 2 aromatic carbocycles. The lowest BCUT2D eigenvalue weighted by Gasteiger charge is -2.14. The van der Waals surface area contributed by atoms with Crippen LogP contribution in [0.15, 0.2) is 64.0 Å². The van der Waals surface area contributed by atoms with Crippen molar-refractivity contribution in [3.05, 3.63) is 71.5 Å². The molecule has 0 saturated heterocycles. The van der Waals surface area contributed by atoms with Crippen LogP contribution in [0.1, 0.15) is 43.6 Å². The molecule has 1 aromatic heterocycles. The Hall–Kier alpha value is -3.13. The van der Waals surface area contributed by atoms with E-state index in [9.17, 15) is 13.2 Å². The van der Waals surface area contributed by atoms with Crippen molar-refractivity contribution in [2.24, 2.45) is 5.92 Å². The number of hydrogen-bond acceptors (Lipinski definition) is 5. The third-order valence-electron chi connectivity index (χ3n) is 4.82. The average Bonchev–Trinajstić information content (AvgIpc) is 3.12. The molecule has 1 unspecified atom stereocenters. The van der Waals surface area contributed by atoms with Crippen molar-refractivity contribution in [2.75, 3.05) is 10.0 Å². The summed E-state index contributed by atoms with van der Waals surface area (Å²) in [4.78, 5) is 12.7. The van der Waals surface area contributed by atoms with Gasteiger partial charge in [-0.2, -0.15) is 0 Å². The van der Waals surface area contributed by atoms with Crippen molar-refractivity contribution < 1.29 is 17.7 Å². The lowest BCUT2D eigenvalue weighted by atomic mass is 9.96. The van der Waals surface area contributed by atoms with E-state index in [0.717, 1.165) is 12.0 Å². The van der Waals surface area contributed by atoms with Gasteiger partial charge < -0.3 is 9.84 Å². The SMILES string of the molecule is Cc1cc(NS(=O)(=O)c2ccc(NC(=O)C(C)c3ccc(CC(C)C)cc3)cc2)no1. The minimum atomic E-state index is -3.80. The van der Waals surface area contributed by atoms with Gasteiger partial charge in [-0.05, 0) is 61.6 Å². The Morgan fingerprint density at radius 3 is 2.23 bits per heavy atom. The van der Waals surface area contributed by atoms with Crippen LogP contribution in [-0.4, -0.2) is 19.5 Å². The molecular formula is C23H27N3O4S. The van der Waals surface area contributed by atoms with Crippen molar-refractivity contribution >= 4 is 27.4 Å². The Bertz CT molecular complexity index is 1130. The smallest absolute Gasteiger partial charge is 0.263 e. The van der Waals surface area contributed by atoms with Crippen LogP contribution in [0.5, 0.6) is 0 Å². The van der Waals surface area contributed by atoms with Gasteiger partial charge >= 0.3 is 0 Å². The third-order valence-corrected chi connectivity index (χ3v) is 6.19. The number of rotatable bonds is 8. The van der Waals surface area contributed by atoms with Gasteiger partial charge in [0.15, 0.2) is 5.82 Å². The second-order valence-electron chi connectivity index (χ2n) is 8.00. The van der Waals surface area contributed by atoms with E-state index >= 15 is 0 Å². The zero-order valence-electron chi connectivity index (χ0n) is 18.0. The predicted octanol–water partition coefficient (Wildman–Crippen LogP) is 4.72. The van der Waals surface area contributed by atoms with Crippen molar-refractivity contribution in [1.82, 2.24) is 5.16 Å². The minimum Gasteiger partial charge on any atom is -0.360 e. The Kier molecular flexibility index (Phi) is 6.80. The number of carbonyl (C=O) groups excluding carboxylic acids is 1. The summed E-state index contributed by atoms with van der Waals surface area (Å²) in [6.07, 6.45) is 1.00. The number of nitrogens with zero attached hydrogens (tertiary/aromatic N) is 1. The summed E-state index contributed by atoms with van der Waals surface area (Å²) >= 11 is 0. The molecule has 0 bridgehead atoms. The number of amides is 1. The number of carbonyl (C=O) groups is 1. The lowest BCUT2D eigenvalue weighted by molar-refractivity contribution is -0.117. The van der Waals surface area contributed by atoms with E-state index in [-0.39, 0.29) is 22.5 Å².